The highest BCUT2D eigenvalue weighted by atomic mass is 32.3. The van der Waals surface area contributed by atoms with Crippen molar-refractivity contribution in [2.24, 2.45) is 0 Å². The van der Waals surface area contributed by atoms with Crippen LogP contribution in [0.4, 0.5) is 0 Å². The lowest BCUT2D eigenvalue weighted by molar-refractivity contribution is 0.653. The molecule has 0 unspecified atom stereocenters. The van der Waals surface area contributed by atoms with E-state index in [0.29, 0.717) is 26.8 Å². The molecule has 0 aliphatic rings. The molecule has 0 spiro atoms. The molecule has 0 saturated heterocycles. The number of fused-ring (bicyclic) bond motifs is 1. The third-order valence-corrected chi connectivity index (χ3v) is 6.17. The fraction of sp³-hybridized carbons (Fsp3) is 0.133. The maximum Gasteiger partial charge on any atom is 0.180 e. The average Bonchev–Trinajstić information content (AvgIpc) is 2.92. The van der Waals surface area contributed by atoms with E-state index in [1.54, 1.807) is 55.1 Å². The minimum absolute atomic E-state index is 0.385. The summed E-state index contributed by atoms with van der Waals surface area (Å²) in [5.74, 6) is 0. The van der Waals surface area contributed by atoms with Crippen molar-refractivity contribution in [2.45, 2.75) is 10.2 Å². The molecule has 0 bridgehead atoms. The summed E-state index contributed by atoms with van der Waals surface area (Å²) in [6.07, 6.45) is 4.93. The lowest BCUT2D eigenvalue weighted by Gasteiger charge is -2.30. The monoisotopic (exact) mass is 298 g/mol. The number of pyridine rings is 1. The number of aromatic nitrogens is 3. The van der Waals surface area contributed by atoms with Gasteiger partial charge in [-0.2, -0.15) is 5.26 Å². The summed E-state index contributed by atoms with van der Waals surface area (Å²) in [6, 6.07) is 12.5. The Kier molecular flexibility index (Phi) is 2.72. The molecule has 1 aromatic carbocycles. The fourth-order valence-corrected chi connectivity index (χ4v) is 3.94. The standard InChI is InChI=1S/C15H14N4OS/c1-21(2,20,14-5-3-4-8-17-14)15-18-12-7-6-11(10-16)9-13(12)19-15/h3-9H,1-2H3,(H,18,19). The minimum Gasteiger partial charge on any atom is -0.332 e. The van der Waals surface area contributed by atoms with Crippen LogP contribution in [-0.4, -0.2) is 31.7 Å². The van der Waals surface area contributed by atoms with Gasteiger partial charge in [-0.05, 0) is 39.4 Å². The summed E-state index contributed by atoms with van der Waals surface area (Å²) in [5.41, 5.74) is 1.91. The highest BCUT2D eigenvalue weighted by Gasteiger charge is 2.35. The largest absolute Gasteiger partial charge is 0.332 e. The van der Waals surface area contributed by atoms with E-state index >= 15 is 0 Å². The van der Waals surface area contributed by atoms with Crippen LogP contribution in [0.15, 0.2) is 52.8 Å². The van der Waals surface area contributed by atoms with Crippen LogP contribution in [0, 0.1) is 11.3 Å². The molecule has 1 N–H and O–H groups in total. The maximum absolute atomic E-state index is 13.5. The average molecular weight is 298 g/mol. The highest BCUT2D eigenvalue weighted by molar-refractivity contribution is 8.18. The van der Waals surface area contributed by atoms with Gasteiger partial charge in [0.25, 0.3) is 0 Å². The van der Waals surface area contributed by atoms with Gasteiger partial charge in [-0.25, -0.2) is 9.97 Å². The molecule has 21 heavy (non-hydrogen) atoms. The number of benzene rings is 1. The molecule has 0 aliphatic heterocycles. The van der Waals surface area contributed by atoms with Gasteiger partial charge in [-0.1, -0.05) is 6.07 Å². The van der Waals surface area contributed by atoms with Crippen LogP contribution in [0.25, 0.3) is 11.0 Å². The Labute approximate surface area is 122 Å². The fourth-order valence-electron chi connectivity index (χ4n) is 2.13. The van der Waals surface area contributed by atoms with Gasteiger partial charge in [0.15, 0.2) is 5.16 Å². The summed E-state index contributed by atoms with van der Waals surface area (Å²) in [7, 11) is -3.38. The van der Waals surface area contributed by atoms with Crippen LogP contribution in [0.1, 0.15) is 5.56 Å². The molecular formula is C15H14N4OS. The number of rotatable bonds is 2. The molecule has 5 nitrogen and oxygen atoms in total. The smallest absolute Gasteiger partial charge is 0.180 e. The number of nitrogens with one attached hydrogen (secondary N) is 1. The second-order valence-corrected chi connectivity index (χ2v) is 9.84. The number of hydrogen-bond acceptors (Lipinski definition) is 4. The zero-order valence-electron chi connectivity index (χ0n) is 11.7. The second-order valence-electron chi connectivity index (χ2n) is 5.38. The molecule has 6 heteroatoms. The number of aromatic amines is 1. The second kappa shape index (κ2) is 4.24. The SMILES string of the molecule is CS(C)(=O)(c1ccccn1)c1nc2ccc(C#N)cc2[nH]1. The Balaban J connectivity index is 2.24. The Morgan fingerprint density at radius 3 is 2.71 bits per heavy atom. The summed E-state index contributed by atoms with van der Waals surface area (Å²) in [4.78, 5) is 11.7. The van der Waals surface area contributed by atoms with Crippen molar-refractivity contribution in [3.05, 3.63) is 48.2 Å². The molecule has 2 aromatic heterocycles. The quantitative estimate of drug-likeness (QED) is 0.787. The van der Waals surface area contributed by atoms with Gasteiger partial charge >= 0.3 is 0 Å². The molecule has 0 atom stereocenters. The van der Waals surface area contributed by atoms with E-state index < -0.39 is 9.07 Å². The summed E-state index contributed by atoms with van der Waals surface area (Å²) < 4.78 is 13.5. The number of nitriles is 1. The van der Waals surface area contributed by atoms with Crippen LogP contribution in [0.3, 0.4) is 0 Å². The van der Waals surface area contributed by atoms with E-state index in [-0.39, 0.29) is 0 Å². The van der Waals surface area contributed by atoms with E-state index in [4.69, 9.17) is 5.26 Å². The third kappa shape index (κ3) is 2.12. The van der Waals surface area contributed by atoms with Crippen molar-refractivity contribution in [2.75, 3.05) is 12.5 Å². The van der Waals surface area contributed by atoms with Crippen molar-refractivity contribution in [3.63, 3.8) is 0 Å². The lowest BCUT2D eigenvalue weighted by Crippen LogP contribution is -2.32. The Morgan fingerprint density at radius 2 is 2.05 bits per heavy atom. The first-order chi connectivity index (χ1) is 9.89. The van der Waals surface area contributed by atoms with Gasteiger partial charge in [-0.3, -0.25) is 4.21 Å². The lowest BCUT2D eigenvalue weighted by atomic mass is 10.2. The first-order valence-corrected chi connectivity index (χ1v) is 9.10. The molecule has 0 aliphatic carbocycles. The van der Waals surface area contributed by atoms with Gasteiger partial charge in [0, 0.05) is 18.7 Å². The Morgan fingerprint density at radius 1 is 1.24 bits per heavy atom. The predicted octanol–water partition coefficient (Wildman–Crippen LogP) is 2.33. The van der Waals surface area contributed by atoms with Crippen molar-refractivity contribution in [1.82, 2.24) is 15.0 Å². The van der Waals surface area contributed by atoms with Gasteiger partial charge in [-0.15, -0.1) is 0 Å². The molecule has 0 fully saturated rings. The number of hydrogen-bond donors (Lipinski definition) is 1. The van der Waals surface area contributed by atoms with E-state index in [2.05, 4.69) is 21.0 Å². The number of imidazole rings is 1. The Hall–Kier alpha value is -2.52. The molecule has 3 aromatic rings. The van der Waals surface area contributed by atoms with Crippen molar-refractivity contribution in [1.29, 1.82) is 5.26 Å². The minimum atomic E-state index is -3.38. The maximum atomic E-state index is 13.5. The van der Waals surface area contributed by atoms with Crippen molar-refractivity contribution in [3.8, 4) is 6.07 Å². The first-order valence-electron chi connectivity index (χ1n) is 6.32. The van der Waals surface area contributed by atoms with Gasteiger partial charge in [0.2, 0.25) is 0 Å². The number of nitrogens with zero attached hydrogens (tertiary/aromatic N) is 3. The van der Waals surface area contributed by atoms with Crippen molar-refractivity contribution >= 4 is 20.1 Å². The predicted molar refractivity (Wildman–Crippen MR) is 81.6 cm³/mol. The number of H-pyrrole nitrogens is 1. The normalized spacial score (nSPS) is 13.5. The van der Waals surface area contributed by atoms with Gasteiger partial charge in [0.1, 0.15) is 5.03 Å². The molecule has 0 radical (unpaired) electrons. The zero-order chi connectivity index (χ0) is 15.1. The summed E-state index contributed by atoms with van der Waals surface area (Å²) >= 11 is 0. The highest BCUT2D eigenvalue weighted by Crippen LogP contribution is 2.35. The molecule has 0 amide bonds. The molecular weight excluding hydrogens is 284 g/mol. The van der Waals surface area contributed by atoms with Crippen LogP contribution in [0.5, 0.6) is 0 Å². The molecule has 106 valence electrons. The Bertz CT molecular complexity index is 931. The van der Waals surface area contributed by atoms with Crippen LogP contribution in [0.2, 0.25) is 0 Å². The topological polar surface area (TPSA) is 82.4 Å². The van der Waals surface area contributed by atoms with E-state index in [1.165, 1.54) is 0 Å². The van der Waals surface area contributed by atoms with E-state index in [1.807, 2.05) is 0 Å². The van der Waals surface area contributed by atoms with Gasteiger partial charge in [0.05, 0.1) is 22.7 Å². The van der Waals surface area contributed by atoms with Gasteiger partial charge < -0.3 is 4.98 Å². The van der Waals surface area contributed by atoms with Crippen LogP contribution >= 0.6 is 0 Å². The van der Waals surface area contributed by atoms with E-state index in [9.17, 15) is 4.21 Å². The molecule has 0 saturated carbocycles. The van der Waals surface area contributed by atoms with Crippen LogP contribution in [-0.2, 0) is 9.07 Å². The summed E-state index contributed by atoms with van der Waals surface area (Å²) in [6.45, 7) is 0. The third-order valence-electron chi connectivity index (χ3n) is 3.40. The summed E-state index contributed by atoms with van der Waals surface area (Å²) in [5, 5.41) is 9.82. The van der Waals surface area contributed by atoms with Crippen molar-refractivity contribution < 1.29 is 4.21 Å². The molecule has 3 rings (SSSR count). The van der Waals surface area contributed by atoms with E-state index in [0.717, 1.165) is 0 Å². The first kappa shape index (κ1) is 13.5. The molecule has 2 heterocycles. The zero-order valence-corrected chi connectivity index (χ0v) is 12.5. The van der Waals surface area contributed by atoms with Crippen LogP contribution < -0.4 is 0 Å².